The minimum absolute atomic E-state index is 0.225. The summed E-state index contributed by atoms with van der Waals surface area (Å²) in [7, 11) is 0. The second kappa shape index (κ2) is 45.8. The zero-order valence-corrected chi connectivity index (χ0v) is 49.7. The molecule has 0 aromatic carbocycles. The summed E-state index contributed by atoms with van der Waals surface area (Å²) in [6.45, 7) is 1.67. The molecule has 3 rings (SSSR count). The van der Waals surface area contributed by atoms with Crippen LogP contribution in [-0.4, -0.2) is 193 Å². The fourth-order valence-electron chi connectivity index (χ4n) is 10.3. The van der Waals surface area contributed by atoms with Gasteiger partial charge in [-0.25, -0.2) is 0 Å². The molecule has 1 amide bonds. The standard InChI is InChI=1S/C63H111NO18/c1-3-5-7-9-11-13-15-17-19-20-21-22-23-24-25-26-27-29-31-33-35-37-39-41-51(69)64-46(47(68)40-38-36-34-32-30-28-18-16-14-12-10-8-6-4-2)45-77-61-57(75)54(72)59(49(43-66)79-61)82-63-58(76)55(73)60(50(44-67)80-63)81-62-56(74)53(71)52(70)48(42-65)78-62/h15,17,20-21,23-24,30,32,38,40,46-50,52-63,65-68,70-76H,3-14,16,18-19,22,25-29,31,33-37,39,41-45H2,1-2H3,(H,64,69)/b17-15-,21-20-,24-23-,32-30+,40-38+. The predicted molar refractivity (Wildman–Crippen MR) is 314 cm³/mol. The molecule has 3 saturated heterocycles. The fourth-order valence-corrected chi connectivity index (χ4v) is 10.3. The number of rotatable bonds is 46. The van der Waals surface area contributed by atoms with Crippen molar-refractivity contribution < 1.29 is 89.4 Å². The second-order valence-corrected chi connectivity index (χ2v) is 22.5. The molecule has 82 heavy (non-hydrogen) atoms. The molecule has 17 atom stereocenters. The number of carbonyl (C=O) groups excluding carboxylic acids is 1. The van der Waals surface area contributed by atoms with Gasteiger partial charge in [-0.05, 0) is 70.6 Å². The van der Waals surface area contributed by atoms with Gasteiger partial charge in [0.25, 0.3) is 0 Å². The normalized spacial score (nSPS) is 30.0. The highest BCUT2D eigenvalue weighted by molar-refractivity contribution is 5.76. The number of allylic oxidation sites excluding steroid dienone is 9. The summed E-state index contributed by atoms with van der Waals surface area (Å²) in [4.78, 5) is 13.3. The van der Waals surface area contributed by atoms with Crippen LogP contribution >= 0.6 is 0 Å². The van der Waals surface area contributed by atoms with Crippen LogP contribution < -0.4 is 5.32 Å². The van der Waals surface area contributed by atoms with Crippen LogP contribution in [0.3, 0.4) is 0 Å². The van der Waals surface area contributed by atoms with Crippen LogP contribution in [0.4, 0.5) is 0 Å². The van der Waals surface area contributed by atoms with Gasteiger partial charge in [-0.3, -0.25) is 4.79 Å². The van der Waals surface area contributed by atoms with Crippen LogP contribution in [0.25, 0.3) is 0 Å². The molecule has 0 bridgehead atoms. The lowest BCUT2D eigenvalue weighted by molar-refractivity contribution is -0.379. The van der Waals surface area contributed by atoms with E-state index in [4.69, 9.17) is 28.4 Å². The SMILES string of the molecule is CCCCCCC/C=C\C/C=C\C/C=C\CCCCCCCCCCC(=O)NC(COC1OC(CO)C(OC2OC(CO)C(OC3OC(CO)C(O)C(O)C3O)C(O)C2O)C(O)C1O)C(O)/C=C/CC/C=C/CCCCCCCCCC. The maximum atomic E-state index is 13.3. The van der Waals surface area contributed by atoms with Gasteiger partial charge in [-0.2, -0.15) is 0 Å². The summed E-state index contributed by atoms with van der Waals surface area (Å²) in [5, 5.41) is 120. The van der Waals surface area contributed by atoms with Gasteiger partial charge in [-0.1, -0.05) is 184 Å². The van der Waals surface area contributed by atoms with Crippen molar-refractivity contribution in [3.8, 4) is 0 Å². The van der Waals surface area contributed by atoms with E-state index in [0.717, 1.165) is 64.2 Å². The quantitative estimate of drug-likeness (QED) is 0.0231. The van der Waals surface area contributed by atoms with Crippen LogP contribution in [-0.2, 0) is 33.2 Å². The summed E-state index contributed by atoms with van der Waals surface area (Å²) < 4.78 is 34.2. The van der Waals surface area contributed by atoms with Crippen LogP contribution in [0, 0.1) is 0 Å². The average Bonchev–Trinajstić information content (AvgIpc) is 3.14. The Morgan fingerprint density at radius 1 is 0.439 bits per heavy atom. The minimum Gasteiger partial charge on any atom is -0.394 e. The van der Waals surface area contributed by atoms with E-state index >= 15 is 0 Å². The number of aliphatic hydroxyl groups excluding tert-OH is 11. The lowest BCUT2D eigenvalue weighted by Crippen LogP contribution is -2.66. The van der Waals surface area contributed by atoms with Crippen LogP contribution in [0.5, 0.6) is 0 Å². The molecule has 0 saturated carbocycles. The number of nitrogens with one attached hydrogen (secondary N) is 1. The maximum Gasteiger partial charge on any atom is 0.220 e. The molecule has 0 spiro atoms. The topological polar surface area (TPSA) is 307 Å². The summed E-state index contributed by atoms with van der Waals surface area (Å²) >= 11 is 0. The summed E-state index contributed by atoms with van der Waals surface area (Å²) in [5.74, 6) is -0.295. The predicted octanol–water partition coefficient (Wildman–Crippen LogP) is 6.43. The molecular formula is C63H111NO18. The second-order valence-electron chi connectivity index (χ2n) is 22.5. The third-order valence-corrected chi connectivity index (χ3v) is 15.5. The Morgan fingerprint density at radius 2 is 0.817 bits per heavy atom. The molecular weight excluding hydrogens is 1060 g/mol. The monoisotopic (exact) mass is 1170 g/mol. The number of unbranched alkanes of at least 4 members (excludes halogenated alkanes) is 22. The van der Waals surface area contributed by atoms with Gasteiger partial charge in [0, 0.05) is 6.42 Å². The summed E-state index contributed by atoms with van der Waals surface area (Å²) in [6, 6.07) is -0.995. The molecule has 19 heteroatoms. The van der Waals surface area contributed by atoms with Gasteiger partial charge in [0.2, 0.25) is 5.91 Å². The molecule has 17 unspecified atom stereocenters. The van der Waals surface area contributed by atoms with Crippen LogP contribution in [0.15, 0.2) is 60.8 Å². The van der Waals surface area contributed by atoms with Crippen LogP contribution in [0.1, 0.15) is 200 Å². The number of hydrogen-bond donors (Lipinski definition) is 12. The minimum atomic E-state index is -1.98. The van der Waals surface area contributed by atoms with E-state index in [1.165, 1.54) is 103 Å². The van der Waals surface area contributed by atoms with Crippen molar-refractivity contribution in [2.45, 2.75) is 304 Å². The van der Waals surface area contributed by atoms with Crippen LogP contribution in [0.2, 0.25) is 0 Å². The van der Waals surface area contributed by atoms with Crippen molar-refractivity contribution in [3.05, 3.63) is 60.8 Å². The molecule has 0 radical (unpaired) electrons. The Morgan fingerprint density at radius 3 is 1.30 bits per heavy atom. The van der Waals surface area contributed by atoms with E-state index in [1.807, 2.05) is 6.08 Å². The molecule has 3 heterocycles. The Kier molecular flexibility index (Phi) is 41.2. The number of amides is 1. The molecule has 0 aromatic rings. The number of hydrogen-bond acceptors (Lipinski definition) is 18. The number of ether oxygens (including phenoxy) is 6. The zero-order valence-electron chi connectivity index (χ0n) is 49.7. The summed E-state index contributed by atoms with van der Waals surface area (Å²) in [5.41, 5.74) is 0. The van der Waals surface area contributed by atoms with Gasteiger partial charge in [0.15, 0.2) is 18.9 Å². The number of aliphatic hydroxyl groups is 11. The third kappa shape index (κ3) is 28.8. The molecule has 19 nitrogen and oxygen atoms in total. The first-order chi connectivity index (χ1) is 39.8. The Hall–Kier alpha value is -2.51. The first kappa shape index (κ1) is 73.7. The van der Waals surface area contributed by atoms with Crippen molar-refractivity contribution in [1.82, 2.24) is 5.32 Å². The summed E-state index contributed by atoms with van der Waals surface area (Å²) in [6.07, 6.45) is 26.3. The van der Waals surface area contributed by atoms with Crippen molar-refractivity contribution >= 4 is 5.91 Å². The molecule has 12 N–H and O–H groups in total. The van der Waals surface area contributed by atoms with Crippen molar-refractivity contribution in [2.75, 3.05) is 26.4 Å². The van der Waals surface area contributed by atoms with E-state index < -0.39 is 124 Å². The van der Waals surface area contributed by atoms with E-state index in [9.17, 15) is 61.0 Å². The molecule has 3 aliphatic rings. The van der Waals surface area contributed by atoms with Crippen molar-refractivity contribution in [3.63, 3.8) is 0 Å². The molecule has 3 aliphatic heterocycles. The van der Waals surface area contributed by atoms with E-state index in [1.54, 1.807) is 6.08 Å². The van der Waals surface area contributed by atoms with Gasteiger partial charge in [0.1, 0.15) is 73.2 Å². The Bertz CT molecular complexity index is 1730. The highest BCUT2D eigenvalue weighted by Gasteiger charge is 2.53. The third-order valence-electron chi connectivity index (χ3n) is 15.5. The number of carbonyl (C=O) groups is 1. The van der Waals surface area contributed by atoms with Crippen molar-refractivity contribution in [2.24, 2.45) is 0 Å². The fraction of sp³-hybridized carbons (Fsp3) is 0.825. The average molecular weight is 1170 g/mol. The Labute approximate surface area is 490 Å². The van der Waals surface area contributed by atoms with E-state index in [-0.39, 0.29) is 18.9 Å². The molecule has 476 valence electrons. The molecule has 0 aromatic heterocycles. The highest BCUT2D eigenvalue weighted by Crippen LogP contribution is 2.33. The largest absolute Gasteiger partial charge is 0.394 e. The van der Waals surface area contributed by atoms with Crippen molar-refractivity contribution in [1.29, 1.82) is 0 Å². The smallest absolute Gasteiger partial charge is 0.220 e. The zero-order chi connectivity index (χ0) is 59.7. The molecule has 3 fully saturated rings. The van der Waals surface area contributed by atoms with Gasteiger partial charge < -0.3 is 89.9 Å². The van der Waals surface area contributed by atoms with Gasteiger partial charge in [-0.15, -0.1) is 0 Å². The molecule has 0 aliphatic carbocycles. The maximum absolute atomic E-state index is 13.3. The van der Waals surface area contributed by atoms with E-state index in [2.05, 4.69) is 67.8 Å². The highest BCUT2D eigenvalue weighted by atomic mass is 16.8. The lowest BCUT2D eigenvalue weighted by atomic mass is 9.96. The Balaban J connectivity index is 1.48. The van der Waals surface area contributed by atoms with Gasteiger partial charge in [0.05, 0.1) is 38.6 Å². The first-order valence-corrected chi connectivity index (χ1v) is 31.5. The first-order valence-electron chi connectivity index (χ1n) is 31.5. The van der Waals surface area contributed by atoms with E-state index in [0.29, 0.717) is 12.8 Å². The van der Waals surface area contributed by atoms with Gasteiger partial charge >= 0.3 is 0 Å². The lowest BCUT2D eigenvalue weighted by Gasteiger charge is -2.48.